The number of benzene rings is 3. The average molecular weight is 354 g/mol. The van der Waals surface area contributed by atoms with Gasteiger partial charge in [0, 0.05) is 11.7 Å². The number of hydrogen-bond donors (Lipinski definition) is 0. The van der Waals surface area contributed by atoms with E-state index in [1.165, 1.54) is 44.9 Å². The minimum absolute atomic E-state index is 0.305. The fourth-order valence-corrected chi connectivity index (χ4v) is 4.96. The SMILES string of the molecule is Cc1ccccc1N1c2cc3c(cc2N(C(C)C)[C@@H]1C)Cc1ccccc1-3. The Balaban J connectivity index is 1.74. The van der Waals surface area contributed by atoms with Crippen LogP contribution in [0.1, 0.15) is 37.5 Å². The highest BCUT2D eigenvalue weighted by Crippen LogP contribution is 2.50. The smallest absolute Gasteiger partial charge is 0.104 e. The maximum Gasteiger partial charge on any atom is 0.104 e. The van der Waals surface area contributed by atoms with E-state index in [2.05, 4.69) is 98.2 Å². The Labute approximate surface area is 162 Å². The molecule has 0 bridgehead atoms. The van der Waals surface area contributed by atoms with E-state index in [-0.39, 0.29) is 0 Å². The number of anilines is 3. The van der Waals surface area contributed by atoms with Crippen molar-refractivity contribution >= 4 is 17.1 Å². The molecule has 0 N–H and O–H groups in total. The lowest BCUT2D eigenvalue weighted by molar-refractivity contribution is 0.606. The van der Waals surface area contributed by atoms with Crippen molar-refractivity contribution in [1.29, 1.82) is 0 Å². The van der Waals surface area contributed by atoms with E-state index in [1.54, 1.807) is 0 Å². The Kier molecular flexibility index (Phi) is 3.58. The lowest BCUT2D eigenvalue weighted by atomic mass is 10.0. The summed E-state index contributed by atoms with van der Waals surface area (Å²) in [6, 6.07) is 22.9. The normalized spacial score (nSPS) is 17.3. The van der Waals surface area contributed by atoms with Gasteiger partial charge in [0.05, 0.1) is 11.4 Å². The van der Waals surface area contributed by atoms with Gasteiger partial charge in [-0.1, -0.05) is 42.5 Å². The fourth-order valence-electron chi connectivity index (χ4n) is 4.96. The fraction of sp³-hybridized carbons (Fsp3) is 0.280. The molecule has 3 aromatic rings. The largest absolute Gasteiger partial charge is 0.347 e. The maximum atomic E-state index is 2.56. The van der Waals surface area contributed by atoms with Crippen LogP contribution in [0.25, 0.3) is 11.1 Å². The Morgan fingerprint density at radius 1 is 0.815 bits per heavy atom. The molecule has 2 nitrogen and oxygen atoms in total. The van der Waals surface area contributed by atoms with E-state index in [9.17, 15) is 0 Å². The predicted molar refractivity (Wildman–Crippen MR) is 115 cm³/mol. The molecule has 1 atom stereocenters. The van der Waals surface area contributed by atoms with Crippen LogP contribution in [0, 0.1) is 6.92 Å². The Hall–Kier alpha value is -2.74. The first-order chi connectivity index (χ1) is 13.1. The zero-order chi connectivity index (χ0) is 18.7. The van der Waals surface area contributed by atoms with Crippen LogP contribution in [-0.2, 0) is 6.42 Å². The topological polar surface area (TPSA) is 6.48 Å². The molecule has 0 fully saturated rings. The number of rotatable bonds is 2. The van der Waals surface area contributed by atoms with Crippen molar-refractivity contribution in [3.05, 3.63) is 77.4 Å². The van der Waals surface area contributed by atoms with Crippen molar-refractivity contribution in [2.75, 3.05) is 9.80 Å². The summed E-state index contributed by atoms with van der Waals surface area (Å²) in [6.45, 7) is 9.13. The summed E-state index contributed by atoms with van der Waals surface area (Å²) < 4.78 is 0. The molecule has 1 aliphatic carbocycles. The Bertz CT molecular complexity index is 1030. The van der Waals surface area contributed by atoms with Gasteiger partial charge in [-0.25, -0.2) is 0 Å². The summed E-state index contributed by atoms with van der Waals surface area (Å²) in [4.78, 5) is 5.08. The minimum Gasteiger partial charge on any atom is -0.347 e. The van der Waals surface area contributed by atoms with Gasteiger partial charge < -0.3 is 9.80 Å². The van der Waals surface area contributed by atoms with Crippen LogP contribution in [0.15, 0.2) is 60.7 Å². The van der Waals surface area contributed by atoms with Crippen LogP contribution in [0.2, 0.25) is 0 Å². The molecular formula is C25H26N2. The van der Waals surface area contributed by atoms with Crippen molar-refractivity contribution in [1.82, 2.24) is 0 Å². The summed E-state index contributed by atoms with van der Waals surface area (Å²) in [7, 11) is 0. The monoisotopic (exact) mass is 354 g/mol. The van der Waals surface area contributed by atoms with E-state index < -0.39 is 0 Å². The quantitative estimate of drug-likeness (QED) is 0.418. The highest BCUT2D eigenvalue weighted by Gasteiger charge is 2.37. The summed E-state index contributed by atoms with van der Waals surface area (Å²) in [5.41, 5.74) is 11.0. The van der Waals surface area contributed by atoms with Gasteiger partial charge in [0.25, 0.3) is 0 Å². The molecule has 0 amide bonds. The second-order valence-corrected chi connectivity index (χ2v) is 8.12. The molecule has 136 valence electrons. The van der Waals surface area contributed by atoms with Crippen molar-refractivity contribution in [2.45, 2.75) is 46.3 Å². The second kappa shape index (κ2) is 5.88. The number of nitrogens with zero attached hydrogens (tertiary/aromatic N) is 2. The van der Waals surface area contributed by atoms with E-state index in [0.717, 1.165) is 6.42 Å². The van der Waals surface area contributed by atoms with E-state index >= 15 is 0 Å². The first kappa shape index (κ1) is 16.4. The minimum atomic E-state index is 0.305. The van der Waals surface area contributed by atoms with Crippen molar-refractivity contribution in [3.63, 3.8) is 0 Å². The van der Waals surface area contributed by atoms with Crippen LogP contribution in [0.5, 0.6) is 0 Å². The lowest BCUT2D eigenvalue weighted by Crippen LogP contribution is -2.42. The molecule has 2 aliphatic rings. The Morgan fingerprint density at radius 3 is 2.33 bits per heavy atom. The zero-order valence-corrected chi connectivity index (χ0v) is 16.5. The maximum absolute atomic E-state index is 2.56. The third-order valence-electron chi connectivity index (χ3n) is 6.13. The van der Waals surface area contributed by atoms with Crippen LogP contribution < -0.4 is 9.80 Å². The molecule has 27 heavy (non-hydrogen) atoms. The standard InChI is InChI=1S/C25H26N2/c1-16(2)26-18(4)27(23-12-8-5-9-17(23)3)25-15-22-20(14-24(25)26)13-19-10-6-7-11-21(19)22/h5-12,14-16,18H,13H2,1-4H3/t18-/m0/s1. The van der Waals surface area contributed by atoms with Gasteiger partial charge in [-0.15, -0.1) is 0 Å². The van der Waals surface area contributed by atoms with Crippen LogP contribution in [-0.4, -0.2) is 12.2 Å². The van der Waals surface area contributed by atoms with Gasteiger partial charge in [0.15, 0.2) is 0 Å². The molecule has 5 rings (SSSR count). The van der Waals surface area contributed by atoms with Gasteiger partial charge in [0.1, 0.15) is 6.17 Å². The Morgan fingerprint density at radius 2 is 1.56 bits per heavy atom. The van der Waals surface area contributed by atoms with Crippen LogP contribution >= 0.6 is 0 Å². The summed E-state index contributed by atoms with van der Waals surface area (Å²) >= 11 is 0. The zero-order valence-electron chi connectivity index (χ0n) is 16.5. The molecule has 0 spiro atoms. The summed E-state index contributed by atoms with van der Waals surface area (Å²) in [6.07, 6.45) is 1.35. The molecule has 0 aromatic heterocycles. The molecular weight excluding hydrogens is 328 g/mol. The average Bonchev–Trinajstić information content (AvgIpc) is 3.14. The first-order valence-corrected chi connectivity index (χ1v) is 9.94. The van der Waals surface area contributed by atoms with Gasteiger partial charge in [-0.3, -0.25) is 0 Å². The number of para-hydroxylation sites is 1. The van der Waals surface area contributed by atoms with Gasteiger partial charge >= 0.3 is 0 Å². The molecule has 1 aliphatic heterocycles. The van der Waals surface area contributed by atoms with E-state index in [4.69, 9.17) is 0 Å². The molecule has 1 heterocycles. The first-order valence-electron chi connectivity index (χ1n) is 9.94. The van der Waals surface area contributed by atoms with Crippen molar-refractivity contribution in [3.8, 4) is 11.1 Å². The van der Waals surface area contributed by atoms with Crippen molar-refractivity contribution in [2.24, 2.45) is 0 Å². The highest BCUT2D eigenvalue weighted by molar-refractivity contribution is 5.91. The number of fused-ring (bicyclic) bond motifs is 4. The number of aryl methyl sites for hydroxylation is 1. The lowest BCUT2D eigenvalue weighted by Gasteiger charge is -2.33. The van der Waals surface area contributed by atoms with Gasteiger partial charge in [0.2, 0.25) is 0 Å². The second-order valence-electron chi connectivity index (χ2n) is 8.12. The van der Waals surface area contributed by atoms with Crippen molar-refractivity contribution < 1.29 is 0 Å². The van der Waals surface area contributed by atoms with Gasteiger partial charge in [-0.05, 0) is 80.1 Å². The molecule has 0 saturated carbocycles. The molecule has 0 unspecified atom stereocenters. The summed E-state index contributed by atoms with van der Waals surface area (Å²) in [5.74, 6) is 0. The molecule has 0 saturated heterocycles. The molecule has 3 aromatic carbocycles. The number of hydrogen-bond acceptors (Lipinski definition) is 2. The highest BCUT2D eigenvalue weighted by atomic mass is 15.4. The van der Waals surface area contributed by atoms with E-state index in [0.29, 0.717) is 12.2 Å². The third-order valence-corrected chi connectivity index (χ3v) is 6.13. The molecule has 2 heteroatoms. The van der Waals surface area contributed by atoms with Crippen LogP contribution in [0.4, 0.5) is 17.1 Å². The molecule has 0 radical (unpaired) electrons. The van der Waals surface area contributed by atoms with E-state index in [1.807, 2.05) is 0 Å². The van der Waals surface area contributed by atoms with Crippen LogP contribution in [0.3, 0.4) is 0 Å². The predicted octanol–water partition coefficient (Wildman–Crippen LogP) is 6.28. The summed E-state index contributed by atoms with van der Waals surface area (Å²) in [5, 5.41) is 0. The third kappa shape index (κ3) is 2.32. The van der Waals surface area contributed by atoms with Gasteiger partial charge in [-0.2, -0.15) is 0 Å².